The van der Waals surface area contributed by atoms with Gasteiger partial charge in [0.15, 0.2) is 0 Å². The Morgan fingerprint density at radius 1 is 1.27 bits per heavy atom. The van der Waals surface area contributed by atoms with Crippen LogP contribution in [0.4, 0.5) is 13.2 Å². The number of nitrogens with one attached hydrogen (secondary N) is 2. The lowest BCUT2D eigenvalue weighted by Crippen LogP contribution is -2.24. The first-order valence-electron chi connectivity index (χ1n) is 3.84. The Labute approximate surface area is 80.9 Å². The first-order valence-corrected chi connectivity index (χ1v) is 3.84. The van der Waals surface area contributed by atoms with Gasteiger partial charge in [-0.3, -0.25) is 9.78 Å². The van der Waals surface area contributed by atoms with Crippen molar-refractivity contribution in [2.24, 2.45) is 0 Å². The zero-order valence-electron chi connectivity index (χ0n) is 7.35. The van der Waals surface area contributed by atoms with Crippen molar-refractivity contribution in [3.63, 3.8) is 0 Å². The summed E-state index contributed by atoms with van der Waals surface area (Å²) in [5, 5.41) is 0. The van der Waals surface area contributed by atoms with Gasteiger partial charge in [0.25, 0.3) is 5.56 Å². The number of aromatic nitrogens is 2. The average molecular weight is 224 g/mol. The van der Waals surface area contributed by atoms with Gasteiger partial charge in [0.05, 0.1) is 12.3 Å². The minimum absolute atomic E-state index is 0.00648. The van der Waals surface area contributed by atoms with E-state index in [4.69, 9.17) is 0 Å². The smallest absolute Gasteiger partial charge is 0.366 e. The Kier molecular flexibility index (Phi) is 3.30. The predicted molar refractivity (Wildman–Crippen MR) is 43.4 cm³/mol. The molecule has 5 nitrogen and oxygen atoms in total. The summed E-state index contributed by atoms with van der Waals surface area (Å²) in [5.41, 5.74) is -1.48. The highest BCUT2D eigenvalue weighted by atomic mass is 19.4. The minimum atomic E-state index is -4.43. The number of H-pyrrole nitrogens is 2. The molecule has 0 unspecified atom stereocenters. The molecule has 1 aromatic heterocycles. The van der Waals surface area contributed by atoms with E-state index >= 15 is 0 Å². The summed E-state index contributed by atoms with van der Waals surface area (Å²) in [6.07, 6.45) is -4.43. The van der Waals surface area contributed by atoms with Crippen LogP contribution >= 0.6 is 0 Å². The van der Waals surface area contributed by atoms with Crippen molar-refractivity contribution in [2.75, 3.05) is 6.61 Å². The Morgan fingerprint density at radius 3 is 2.47 bits per heavy atom. The molecule has 2 N–H and O–H groups in total. The third-order valence-corrected chi connectivity index (χ3v) is 1.34. The lowest BCUT2D eigenvalue weighted by Gasteiger charge is -2.06. The van der Waals surface area contributed by atoms with Gasteiger partial charge in [-0.1, -0.05) is 0 Å². The van der Waals surface area contributed by atoms with Crippen LogP contribution in [-0.2, 0) is 11.3 Å². The van der Waals surface area contributed by atoms with Gasteiger partial charge in [-0.2, -0.15) is 13.2 Å². The van der Waals surface area contributed by atoms with Gasteiger partial charge in [-0.25, -0.2) is 4.79 Å². The maximum absolute atomic E-state index is 11.7. The maximum Gasteiger partial charge on any atom is 0.411 e. The van der Waals surface area contributed by atoms with E-state index in [0.717, 1.165) is 6.07 Å². The summed E-state index contributed by atoms with van der Waals surface area (Å²) < 4.78 is 39.2. The topological polar surface area (TPSA) is 75.0 Å². The van der Waals surface area contributed by atoms with Crippen LogP contribution in [0.2, 0.25) is 0 Å². The van der Waals surface area contributed by atoms with E-state index in [2.05, 4.69) is 9.72 Å². The molecule has 84 valence electrons. The molecule has 0 aliphatic carbocycles. The molecule has 15 heavy (non-hydrogen) atoms. The zero-order valence-corrected chi connectivity index (χ0v) is 7.35. The fourth-order valence-corrected chi connectivity index (χ4v) is 0.874. The van der Waals surface area contributed by atoms with Gasteiger partial charge in [-0.05, 0) is 0 Å². The quantitative estimate of drug-likeness (QED) is 0.766. The average Bonchev–Trinajstić information content (AvgIpc) is 1.99. The Bertz CT molecular complexity index is 406. The van der Waals surface area contributed by atoms with Crippen LogP contribution in [0.25, 0.3) is 0 Å². The first-order chi connectivity index (χ1) is 6.87. The van der Waals surface area contributed by atoms with Gasteiger partial charge in [0.2, 0.25) is 0 Å². The number of halogens is 3. The maximum atomic E-state index is 11.7. The molecule has 0 bridgehead atoms. The Balaban J connectivity index is 2.59. The molecular weight excluding hydrogens is 217 g/mol. The summed E-state index contributed by atoms with van der Waals surface area (Å²) in [6.45, 7) is -1.90. The van der Waals surface area contributed by atoms with Gasteiger partial charge >= 0.3 is 11.9 Å². The van der Waals surface area contributed by atoms with Crippen molar-refractivity contribution in [1.82, 2.24) is 9.97 Å². The third kappa shape index (κ3) is 4.45. The van der Waals surface area contributed by atoms with Crippen LogP contribution in [0.5, 0.6) is 0 Å². The monoisotopic (exact) mass is 224 g/mol. The molecule has 0 aliphatic rings. The van der Waals surface area contributed by atoms with Crippen LogP contribution in [0, 0.1) is 0 Å². The van der Waals surface area contributed by atoms with Gasteiger partial charge in [0, 0.05) is 6.07 Å². The second-order valence-electron chi connectivity index (χ2n) is 2.72. The molecule has 0 spiro atoms. The normalized spacial score (nSPS) is 11.7. The first kappa shape index (κ1) is 11.5. The summed E-state index contributed by atoms with van der Waals surface area (Å²) in [4.78, 5) is 25.4. The van der Waals surface area contributed by atoms with E-state index in [1.54, 1.807) is 0 Å². The number of hydrogen-bond acceptors (Lipinski definition) is 3. The standard InChI is InChI=1S/C7H7F3N2O3/c8-7(9,10)3-15-2-4-1-5(13)12-6(14)11-4/h1H,2-3H2,(H2,11,12,13,14). The van der Waals surface area contributed by atoms with Gasteiger partial charge < -0.3 is 9.72 Å². The molecule has 0 radical (unpaired) electrons. The summed E-state index contributed by atoms with van der Waals surface area (Å²) in [5.74, 6) is 0. The third-order valence-electron chi connectivity index (χ3n) is 1.34. The number of aromatic amines is 2. The van der Waals surface area contributed by atoms with E-state index in [9.17, 15) is 22.8 Å². The molecule has 1 heterocycles. The van der Waals surface area contributed by atoms with Crippen LogP contribution < -0.4 is 11.2 Å². The summed E-state index contributed by atoms with van der Waals surface area (Å²) >= 11 is 0. The highest BCUT2D eigenvalue weighted by molar-refractivity contribution is 4.96. The predicted octanol–water partition coefficient (Wildman–Crippen LogP) is 0.142. The van der Waals surface area contributed by atoms with Crippen molar-refractivity contribution in [2.45, 2.75) is 12.8 Å². The highest BCUT2D eigenvalue weighted by Gasteiger charge is 2.27. The van der Waals surface area contributed by atoms with Crippen LogP contribution in [0.1, 0.15) is 5.69 Å². The van der Waals surface area contributed by atoms with E-state index < -0.39 is 30.6 Å². The molecule has 0 atom stereocenters. The number of rotatable bonds is 3. The van der Waals surface area contributed by atoms with E-state index in [1.807, 2.05) is 4.98 Å². The molecular formula is C7H7F3N2O3. The largest absolute Gasteiger partial charge is 0.411 e. The van der Waals surface area contributed by atoms with Crippen LogP contribution in [0.3, 0.4) is 0 Å². The molecule has 0 aromatic carbocycles. The fourth-order valence-electron chi connectivity index (χ4n) is 0.874. The zero-order chi connectivity index (χ0) is 11.5. The lowest BCUT2D eigenvalue weighted by molar-refractivity contribution is -0.176. The molecule has 0 aliphatic heterocycles. The number of alkyl halides is 3. The molecule has 1 aromatic rings. The summed E-state index contributed by atoms with van der Waals surface area (Å²) in [6, 6.07) is 0.956. The molecule has 0 saturated heterocycles. The number of ether oxygens (including phenoxy) is 1. The summed E-state index contributed by atoms with van der Waals surface area (Å²) in [7, 11) is 0. The number of hydrogen-bond donors (Lipinski definition) is 2. The Hall–Kier alpha value is -1.57. The second-order valence-corrected chi connectivity index (χ2v) is 2.72. The van der Waals surface area contributed by atoms with Crippen molar-refractivity contribution < 1.29 is 17.9 Å². The van der Waals surface area contributed by atoms with E-state index in [-0.39, 0.29) is 5.69 Å². The van der Waals surface area contributed by atoms with Crippen molar-refractivity contribution in [3.05, 3.63) is 32.6 Å². The van der Waals surface area contributed by atoms with Gasteiger partial charge in [0.1, 0.15) is 6.61 Å². The van der Waals surface area contributed by atoms with E-state index in [1.165, 1.54) is 0 Å². The SMILES string of the molecule is O=c1cc(COCC(F)(F)F)[nH]c(=O)[nH]1. The second kappa shape index (κ2) is 4.30. The van der Waals surface area contributed by atoms with Crippen molar-refractivity contribution in [1.29, 1.82) is 0 Å². The fraction of sp³-hybridized carbons (Fsp3) is 0.429. The van der Waals surface area contributed by atoms with Gasteiger partial charge in [-0.15, -0.1) is 0 Å². The molecule has 0 amide bonds. The molecule has 1 rings (SSSR count). The van der Waals surface area contributed by atoms with Crippen molar-refractivity contribution >= 4 is 0 Å². The van der Waals surface area contributed by atoms with Crippen molar-refractivity contribution in [3.8, 4) is 0 Å². The molecule has 0 saturated carbocycles. The lowest BCUT2D eigenvalue weighted by atomic mass is 10.4. The molecule has 0 fully saturated rings. The van der Waals surface area contributed by atoms with Crippen LogP contribution in [0.15, 0.2) is 15.7 Å². The van der Waals surface area contributed by atoms with Crippen LogP contribution in [-0.4, -0.2) is 22.8 Å². The minimum Gasteiger partial charge on any atom is -0.366 e. The Morgan fingerprint density at radius 2 is 1.93 bits per heavy atom. The van der Waals surface area contributed by atoms with E-state index in [0.29, 0.717) is 0 Å². The molecule has 8 heteroatoms. The highest BCUT2D eigenvalue weighted by Crippen LogP contribution is 2.14.